The maximum Gasteiger partial charge on any atom is 0.264 e. The number of hydrogen-bond donors (Lipinski definition) is 1. The molecule has 2 aliphatic heterocycles. The van der Waals surface area contributed by atoms with Crippen LogP contribution < -0.4 is 10.1 Å². The third-order valence-corrected chi connectivity index (χ3v) is 5.90. The van der Waals surface area contributed by atoms with Gasteiger partial charge in [-0.25, -0.2) is 0 Å². The first-order valence-electron chi connectivity index (χ1n) is 10.6. The Bertz CT molecular complexity index is 752. The lowest BCUT2D eigenvalue weighted by molar-refractivity contribution is -0.112. The quantitative estimate of drug-likeness (QED) is 0.474. The Labute approximate surface area is 189 Å². The minimum Gasteiger partial charge on any atom is -0.491 e. The van der Waals surface area contributed by atoms with E-state index in [1.165, 1.54) is 11.8 Å². The number of allylic oxidation sites excluding steroid dienone is 1. The Hall–Kier alpha value is -1.70. The fourth-order valence-corrected chi connectivity index (χ4v) is 4.37. The highest BCUT2D eigenvalue weighted by Crippen LogP contribution is 2.38. The normalized spacial score (nSPS) is 15.4. The van der Waals surface area contributed by atoms with Gasteiger partial charge < -0.3 is 19.7 Å². The third-order valence-electron chi connectivity index (χ3n) is 4.74. The van der Waals surface area contributed by atoms with Gasteiger partial charge in [0, 0.05) is 31.1 Å². The monoisotopic (exact) mass is 453 g/mol. The van der Waals surface area contributed by atoms with Gasteiger partial charge in [0.05, 0.1) is 11.5 Å². The van der Waals surface area contributed by atoms with Crippen LogP contribution >= 0.6 is 24.2 Å². The fraction of sp³-hybridized carbons (Fsp3) is 0.545. The van der Waals surface area contributed by atoms with Crippen molar-refractivity contribution < 1.29 is 14.3 Å². The van der Waals surface area contributed by atoms with E-state index in [2.05, 4.69) is 29.1 Å². The van der Waals surface area contributed by atoms with Crippen molar-refractivity contribution >= 4 is 40.9 Å². The van der Waals surface area contributed by atoms with Gasteiger partial charge in [-0.1, -0.05) is 26.7 Å². The molecule has 0 aliphatic carbocycles. The number of anilines is 1. The van der Waals surface area contributed by atoms with Crippen molar-refractivity contribution in [3.8, 4) is 5.75 Å². The van der Waals surface area contributed by atoms with Crippen LogP contribution in [0.1, 0.15) is 46.0 Å². The van der Waals surface area contributed by atoms with Gasteiger partial charge >= 0.3 is 0 Å². The number of carbonyl (C=O) groups excluding carboxylic acids is 1. The number of ether oxygens (including phenoxy) is 2. The smallest absolute Gasteiger partial charge is 0.264 e. The summed E-state index contributed by atoms with van der Waals surface area (Å²) in [5.41, 5.74) is 1.87. The van der Waals surface area contributed by atoms with Crippen molar-refractivity contribution in [3.63, 3.8) is 0 Å². The lowest BCUT2D eigenvalue weighted by Gasteiger charge is -2.25. The van der Waals surface area contributed by atoms with Crippen LogP contribution in [-0.2, 0) is 9.53 Å². The van der Waals surface area contributed by atoms with Crippen molar-refractivity contribution in [2.75, 3.05) is 38.2 Å². The number of aliphatic imine (C=N–C) groups is 1. The number of fused-ring (bicyclic) bond motifs is 1. The lowest BCUT2D eigenvalue weighted by atomic mass is 10.2. The number of nitrogens with one attached hydrogen (secondary N) is 1. The van der Waals surface area contributed by atoms with E-state index in [0.717, 1.165) is 79.0 Å². The first kappa shape index (κ1) is 24.6. The van der Waals surface area contributed by atoms with Crippen LogP contribution in [0.25, 0.3) is 0 Å². The highest BCUT2D eigenvalue weighted by molar-refractivity contribution is 8.18. The molecule has 0 saturated carbocycles. The molecule has 0 unspecified atom stereocenters. The topological polar surface area (TPSA) is 63.2 Å². The summed E-state index contributed by atoms with van der Waals surface area (Å²) in [6.45, 7) is 7.97. The molecule has 2 aliphatic rings. The van der Waals surface area contributed by atoms with E-state index in [0.29, 0.717) is 13.2 Å². The first-order chi connectivity index (χ1) is 14.2. The Morgan fingerprint density at radius 2 is 1.97 bits per heavy atom. The molecular weight excluding hydrogens is 422 g/mol. The third kappa shape index (κ3) is 6.65. The standard InChI is InChI=1S/C22H31N3O3S.ClH/c1-3-5-14-27-15-16-28-18-10-8-17(9-11-18)24-21(26)20-19(7-4-2)25-13-6-12-23-22(25)29-20;/h8-11H,3-7,12-16H2,1-2H3,(H,24,26);1H. The van der Waals surface area contributed by atoms with Crippen LogP contribution in [0.3, 0.4) is 0 Å². The zero-order chi connectivity index (χ0) is 20.5. The molecule has 0 fully saturated rings. The van der Waals surface area contributed by atoms with Gasteiger partial charge in [-0.3, -0.25) is 9.79 Å². The van der Waals surface area contributed by atoms with Crippen molar-refractivity contribution in [3.05, 3.63) is 34.9 Å². The number of unbranched alkanes of at least 4 members (excludes halogenated alkanes) is 1. The summed E-state index contributed by atoms with van der Waals surface area (Å²) in [6, 6.07) is 7.49. The Morgan fingerprint density at radius 3 is 2.70 bits per heavy atom. The second-order valence-corrected chi connectivity index (χ2v) is 8.07. The number of nitrogens with zero attached hydrogens (tertiary/aromatic N) is 2. The number of rotatable bonds is 11. The average molecular weight is 454 g/mol. The molecule has 30 heavy (non-hydrogen) atoms. The Morgan fingerprint density at radius 1 is 1.17 bits per heavy atom. The van der Waals surface area contributed by atoms with Gasteiger partial charge in [-0.15, -0.1) is 12.4 Å². The molecule has 166 valence electrons. The molecule has 0 saturated heterocycles. The molecular formula is C22H32ClN3O3S. The molecule has 0 atom stereocenters. The number of halogens is 1. The van der Waals surface area contributed by atoms with Gasteiger partial charge in [0.15, 0.2) is 5.17 Å². The highest BCUT2D eigenvalue weighted by Gasteiger charge is 2.33. The van der Waals surface area contributed by atoms with Gasteiger partial charge in [0.1, 0.15) is 12.4 Å². The predicted octanol–water partition coefficient (Wildman–Crippen LogP) is 5.06. The molecule has 0 radical (unpaired) electrons. The summed E-state index contributed by atoms with van der Waals surface area (Å²) in [5.74, 6) is 0.711. The van der Waals surface area contributed by atoms with Crippen LogP contribution in [0.4, 0.5) is 5.69 Å². The number of hydrogen-bond acceptors (Lipinski definition) is 6. The molecule has 3 rings (SSSR count). The molecule has 6 nitrogen and oxygen atoms in total. The summed E-state index contributed by atoms with van der Waals surface area (Å²) < 4.78 is 11.2. The van der Waals surface area contributed by atoms with E-state index >= 15 is 0 Å². The van der Waals surface area contributed by atoms with E-state index in [4.69, 9.17) is 9.47 Å². The summed E-state index contributed by atoms with van der Waals surface area (Å²) in [7, 11) is 0. The minimum absolute atomic E-state index is 0. The zero-order valence-electron chi connectivity index (χ0n) is 17.8. The van der Waals surface area contributed by atoms with Crippen LogP contribution in [0, 0.1) is 0 Å². The minimum atomic E-state index is -0.0615. The van der Waals surface area contributed by atoms with Crippen molar-refractivity contribution in [1.29, 1.82) is 0 Å². The number of amidine groups is 1. The first-order valence-corrected chi connectivity index (χ1v) is 11.4. The number of amides is 1. The largest absolute Gasteiger partial charge is 0.491 e. The van der Waals surface area contributed by atoms with Crippen molar-refractivity contribution in [2.24, 2.45) is 4.99 Å². The average Bonchev–Trinajstić information content (AvgIpc) is 3.11. The van der Waals surface area contributed by atoms with E-state index in [9.17, 15) is 4.79 Å². The fourth-order valence-electron chi connectivity index (χ4n) is 3.25. The molecule has 0 spiro atoms. The summed E-state index contributed by atoms with van der Waals surface area (Å²) in [6.07, 6.45) is 5.15. The van der Waals surface area contributed by atoms with Crippen LogP contribution in [0.2, 0.25) is 0 Å². The van der Waals surface area contributed by atoms with Gasteiger partial charge in [-0.2, -0.15) is 0 Å². The number of carbonyl (C=O) groups is 1. The van der Waals surface area contributed by atoms with Crippen LogP contribution in [-0.4, -0.2) is 48.9 Å². The lowest BCUT2D eigenvalue weighted by Crippen LogP contribution is -2.29. The molecule has 8 heteroatoms. The van der Waals surface area contributed by atoms with Crippen LogP contribution in [0.5, 0.6) is 5.75 Å². The van der Waals surface area contributed by atoms with E-state index in [1.807, 2.05) is 24.3 Å². The molecule has 1 amide bonds. The van der Waals surface area contributed by atoms with Crippen LogP contribution in [0.15, 0.2) is 39.9 Å². The van der Waals surface area contributed by atoms with E-state index in [1.54, 1.807) is 0 Å². The maximum absolute atomic E-state index is 12.9. The molecule has 1 aromatic carbocycles. The Balaban J connectivity index is 0.00000320. The highest BCUT2D eigenvalue weighted by atomic mass is 35.5. The molecule has 0 bridgehead atoms. The summed E-state index contributed by atoms with van der Waals surface area (Å²) >= 11 is 1.50. The van der Waals surface area contributed by atoms with Gasteiger partial charge in [0.2, 0.25) is 0 Å². The molecule has 1 aromatic rings. The Kier molecular flexibility index (Phi) is 10.5. The second-order valence-electron chi connectivity index (χ2n) is 7.09. The number of benzene rings is 1. The SMILES string of the molecule is CCCCOCCOc1ccc(NC(=O)C2=C(CCC)N3CCCN=C3S2)cc1.Cl. The van der Waals surface area contributed by atoms with Gasteiger partial charge in [0.25, 0.3) is 5.91 Å². The summed E-state index contributed by atoms with van der Waals surface area (Å²) in [4.78, 5) is 20.5. The van der Waals surface area contributed by atoms with Crippen molar-refractivity contribution in [1.82, 2.24) is 4.90 Å². The molecule has 1 N–H and O–H groups in total. The van der Waals surface area contributed by atoms with Crippen molar-refractivity contribution in [2.45, 2.75) is 46.0 Å². The maximum atomic E-state index is 12.9. The molecule has 0 aromatic heterocycles. The summed E-state index contributed by atoms with van der Waals surface area (Å²) in [5, 5.41) is 3.99. The second kappa shape index (κ2) is 12.9. The zero-order valence-corrected chi connectivity index (χ0v) is 19.4. The van der Waals surface area contributed by atoms with E-state index in [-0.39, 0.29) is 18.3 Å². The van der Waals surface area contributed by atoms with E-state index < -0.39 is 0 Å². The number of thioether (sulfide) groups is 1. The molecule has 2 heterocycles. The predicted molar refractivity (Wildman–Crippen MR) is 127 cm³/mol. The van der Waals surface area contributed by atoms with Gasteiger partial charge in [-0.05, 0) is 55.3 Å².